The third-order valence-electron chi connectivity index (χ3n) is 3.57. The number of hydrogen-bond acceptors (Lipinski definition) is 3. The number of nitrogens with one attached hydrogen (secondary N) is 1. The van der Waals surface area contributed by atoms with Gasteiger partial charge in [0.05, 0.1) is 12.0 Å². The number of cyclic esters (lactones) is 1. The Hall–Kier alpha value is -2.62. The van der Waals surface area contributed by atoms with E-state index in [1.165, 1.54) is 0 Å². The predicted octanol–water partition coefficient (Wildman–Crippen LogP) is 3.24. The number of carbonyl (C=O) groups is 2. The number of esters is 1. The molecule has 4 nitrogen and oxygen atoms in total. The molecule has 1 unspecified atom stereocenters. The molecule has 1 N–H and O–H groups in total. The second-order valence-corrected chi connectivity index (χ2v) is 5.05. The third kappa shape index (κ3) is 2.65. The lowest BCUT2D eigenvalue weighted by atomic mass is 10.0. The van der Waals surface area contributed by atoms with Gasteiger partial charge < -0.3 is 10.1 Å². The first-order valence-corrected chi connectivity index (χ1v) is 6.80. The molecular weight excluding hydrogens is 266 g/mol. The van der Waals surface area contributed by atoms with E-state index in [-0.39, 0.29) is 18.3 Å². The molecule has 1 heterocycles. The second-order valence-electron chi connectivity index (χ2n) is 5.05. The molecule has 1 atom stereocenters. The Morgan fingerprint density at radius 3 is 2.67 bits per heavy atom. The van der Waals surface area contributed by atoms with Crippen LogP contribution in [0.2, 0.25) is 0 Å². The van der Waals surface area contributed by atoms with E-state index < -0.39 is 6.10 Å². The summed E-state index contributed by atoms with van der Waals surface area (Å²) >= 11 is 0. The summed E-state index contributed by atoms with van der Waals surface area (Å²) in [7, 11) is 0. The van der Waals surface area contributed by atoms with Crippen LogP contribution in [0.3, 0.4) is 0 Å². The van der Waals surface area contributed by atoms with Gasteiger partial charge in [0.15, 0.2) is 0 Å². The summed E-state index contributed by atoms with van der Waals surface area (Å²) in [6, 6.07) is 14.7. The number of fused-ring (bicyclic) bond motifs is 1. The number of rotatable bonds is 3. The van der Waals surface area contributed by atoms with Crippen LogP contribution in [0.4, 0.5) is 5.69 Å². The van der Waals surface area contributed by atoms with Gasteiger partial charge in [-0.1, -0.05) is 36.4 Å². The lowest BCUT2D eigenvalue weighted by molar-refractivity contribution is -0.118. The number of amides is 1. The highest BCUT2D eigenvalue weighted by molar-refractivity contribution is 5.96. The monoisotopic (exact) mass is 281 g/mol. The van der Waals surface area contributed by atoms with Crippen LogP contribution >= 0.6 is 0 Å². The van der Waals surface area contributed by atoms with E-state index in [0.29, 0.717) is 5.56 Å². The minimum atomic E-state index is -0.502. The molecule has 1 aliphatic rings. The maximum atomic E-state index is 12.1. The van der Waals surface area contributed by atoms with E-state index in [1.54, 1.807) is 12.1 Å². The highest BCUT2D eigenvalue weighted by atomic mass is 16.5. The van der Waals surface area contributed by atoms with Crippen LogP contribution in [0, 0.1) is 6.92 Å². The molecule has 0 fully saturated rings. The molecule has 4 heteroatoms. The van der Waals surface area contributed by atoms with Crippen molar-refractivity contribution in [3.8, 4) is 0 Å². The molecule has 0 aromatic heterocycles. The van der Waals surface area contributed by atoms with Crippen molar-refractivity contribution in [2.24, 2.45) is 0 Å². The zero-order valence-electron chi connectivity index (χ0n) is 11.6. The smallest absolute Gasteiger partial charge is 0.339 e. The van der Waals surface area contributed by atoms with Crippen molar-refractivity contribution >= 4 is 17.6 Å². The van der Waals surface area contributed by atoms with Crippen molar-refractivity contribution in [3.05, 3.63) is 65.2 Å². The highest BCUT2D eigenvalue weighted by Crippen LogP contribution is 2.33. The summed E-state index contributed by atoms with van der Waals surface area (Å²) in [5.41, 5.74) is 3.10. The first-order chi connectivity index (χ1) is 10.1. The van der Waals surface area contributed by atoms with Crippen molar-refractivity contribution < 1.29 is 14.3 Å². The van der Waals surface area contributed by atoms with E-state index in [9.17, 15) is 9.59 Å². The summed E-state index contributed by atoms with van der Waals surface area (Å²) in [4.78, 5) is 23.9. The van der Waals surface area contributed by atoms with Gasteiger partial charge in [-0.3, -0.25) is 4.79 Å². The van der Waals surface area contributed by atoms with E-state index in [1.807, 2.05) is 43.3 Å². The molecular formula is C17H15NO3. The van der Waals surface area contributed by atoms with Crippen LogP contribution in [-0.4, -0.2) is 11.9 Å². The fourth-order valence-corrected chi connectivity index (χ4v) is 2.45. The molecule has 3 rings (SSSR count). The minimum absolute atomic E-state index is 0.122. The predicted molar refractivity (Wildman–Crippen MR) is 79.0 cm³/mol. The summed E-state index contributed by atoms with van der Waals surface area (Å²) < 4.78 is 5.27. The Balaban J connectivity index is 1.72. The lowest BCUT2D eigenvalue weighted by Crippen LogP contribution is -2.16. The van der Waals surface area contributed by atoms with Crippen molar-refractivity contribution in [1.82, 2.24) is 0 Å². The molecule has 2 aromatic rings. The van der Waals surface area contributed by atoms with Gasteiger partial charge >= 0.3 is 5.97 Å². The summed E-state index contributed by atoms with van der Waals surface area (Å²) in [6.45, 7) is 1.93. The molecule has 1 amide bonds. The molecule has 0 spiro atoms. The fourth-order valence-electron chi connectivity index (χ4n) is 2.45. The van der Waals surface area contributed by atoms with Gasteiger partial charge in [0, 0.05) is 11.3 Å². The van der Waals surface area contributed by atoms with Crippen LogP contribution in [0.15, 0.2) is 48.5 Å². The molecule has 0 saturated carbocycles. The Kier molecular flexibility index (Phi) is 3.44. The van der Waals surface area contributed by atoms with Crippen molar-refractivity contribution in [2.45, 2.75) is 19.4 Å². The summed E-state index contributed by atoms with van der Waals surface area (Å²) in [5.74, 6) is -0.530. The van der Waals surface area contributed by atoms with Gasteiger partial charge in [-0.2, -0.15) is 0 Å². The number of hydrogen-bond donors (Lipinski definition) is 1. The first kappa shape index (κ1) is 13.4. The molecule has 2 aromatic carbocycles. The molecule has 0 radical (unpaired) electrons. The number of benzene rings is 2. The quantitative estimate of drug-likeness (QED) is 0.879. The molecule has 0 bridgehead atoms. The Morgan fingerprint density at radius 1 is 1.14 bits per heavy atom. The van der Waals surface area contributed by atoms with Crippen LogP contribution < -0.4 is 5.32 Å². The van der Waals surface area contributed by atoms with E-state index >= 15 is 0 Å². The average Bonchev–Trinajstić information content (AvgIpc) is 2.79. The molecule has 1 aliphatic heterocycles. The van der Waals surface area contributed by atoms with Crippen molar-refractivity contribution in [3.63, 3.8) is 0 Å². The molecule has 0 aliphatic carbocycles. The standard InChI is InChI=1S/C17H15NO3/c1-11-6-2-5-9-14(11)18-16(19)10-15-12-7-3-4-8-13(12)17(20)21-15/h2-9,15H,10H2,1H3,(H,18,19). The molecule has 106 valence electrons. The van der Waals surface area contributed by atoms with Gasteiger partial charge in [-0.25, -0.2) is 4.79 Å². The maximum absolute atomic E-state index is 12.1. The minimum Gasteiger partial charge on any atom is -0.453 e. The summed E-state index contributed by atoms with van der Waals surface area (Å²) in [6.07, 6.45) is -0.380. The number of ether oxygens (including phenoxy) is 1. The first-order valence-electron chi connectivity index (χ1n) is 6.80. The Labute approximate surface area is 122 Å². The van der Waals surface area contributed by atoms with Gasteiger partial charge in [0.2, 0.25) is 5.91 Å². The largest absolute Gasteiger partial charge is 0.453 e. The zero-order chi connectivity index (χ0) is 14.8. The van der Waals surface area contributed by atoms with Crippen LogP contribution in [0.1, 0.15) is 34.0 Å². The Morgan fingerprint density at radius 2 is 1.86 bits per heavy atom. The van der Waals surface area contributed by atoms with Gasteiger partial charge in [0.1, 0.15) is 6.10 Å². The second kappa shape index (κ2) is 5.40. The van der Waals surface area contributed by atoms with Gasteiger partial charge in [-0.15, -0.1) is 0 Å². The SMILES string of the molecule is Cc1ccccc1NC(=O)CC1OC(=O)c2ccccc21. The molecule has 21 heavy (non-hydrogen) atoms. The number of carbonyl (C=O) groups excluding carboxylic acids is 2. The van der Waals surface area contributed by atoms with Crippen LogP contribution in [0.25, 0.3) is 0 Å². The van der Waals surface area contributed by atoms with Gasteiger partial charge in [-0.05, 0) is 24.6 Å². The Bertz CT molecular complexity index is 709. The maximum Gasteiger partial charge on any atom is 0.339 e. The number of aryl methyl sites for hydroxylation is 1. The summed E-state index contributed by atoms with van der Waals surface area (Å²) in [5, 5.41) is 2.85. The number of anilines is 1. The third-order valence-corrected chi connectivity index (χ3v) is 3.57. The number of para-hydroxylation sites is 1. The topological polar surface area (TPSA) is 55.4 Å². The van der Waals surface area contributed by atoms with E-state index in [0.717, 1.165) is 16.8 Å². The lowest BCUT2D eigenvalue weighted by Gasteiger charge is -2.12. The van der Waals surface area contributed by atoms with Crippen LogP contribution in [0.5, 0.6) is 0 Å². The zero-order valence-corrected chi connectivity index (χ0v) is 11.6. The van der Waals surface area contributed by atoms with E-state index in [2.05, 4.69) is 5.32 Å². The highest BCUT2D eigenvalue weighted by Gasteiger charge is 2.32. The van der Waals surface area contributed by atoms with Gasteiger partial charge in [0.25, 0.3) is 0 Å². The average molecular weight is 281 g/mol. The van der Waals surface area contributed by atoms with E-state index in [4.69, 9.17) is 4.74 Å². The normalized spacial score (nSPS) is 16.2. The van der Waals surface area contributed by atoms with Crippen LogP contribution in [-0.2, 0) is 9.53 Å². The molecule has 0 saturated heterocycles. The van der Waals surface area contributed by atoms with Crippen molar-refractivity contribution in [1.29, 1.82) is 0 Å². The van der Waals surface area contributed by atoms with Crippen molar-refractivity contribution in [2.75, 3.05) is 5.32 Å². The fraction of sp³-hybridized carbons (Fsp3) is 0.176.